The van der Waals surface area contributed by atoms with Crippen molar-refractivity contribution in [3.63, 3.8) is 0 Å². The first-order valence-electron chi connectivity index (χ1n) is 6.84. The van der Waals surface area contributed by atoms with E-state index < -0.39 is 0 Å². The quantitative estimate of drug-likeness (QED) is 0.847. The van der Waals surface area contributed by atoms with E-state index in [-0.39, 0.29) is 18.6 Å². The third kappa shape index (κ3) is 4.33. The standard InChI is InChI=1S/C15H21NO3/c17-9-8-16(12-13-5-2-1-3-6-13)15(18)11-14-7-4-10-19-14/h1-3,5-6,14,17H,4,7-12H2. The van der Waals surface area contributed by atoms with E-state index in [4.69, 9.17) is 9.84 Å². The van der Waals surface area contributed by atoms with E-state index in [0.29, 0.717) is 19.5 Å². The van der Waals surface area contributed by atoms with Crippen LogP contribution in [0.3, 0.4) is 0 Å². The Hall–Kier alpha value is -1.39. The van der Waals surface area contributed by atoms with Crippen molar-refractivity contribution in [3.05, 3.63) is 35.9 Å². The number of rotatable bonds is 6. The molecule has 1 N–H and O–H groups in total. The van der Waals surface area contributed by atoms with Crippen molar-refractivity contribution in [2.24, 2.45) is 0 Å². The number of carbonyl (C=O) groups excluding carboxylic acids is 1. The predicted octanol–water partition coefficient (Wildman–Crippen LogP) is 1.58. The van der Waals surface area contributed by atoms with E-state index in [1.165, 1.54) is 0 Å². The molecule has 4 nitrogen and oxygen atoms in total. The van der Waals surface area contributed by atoms with Crippen molar-refractivity contribution < 1.29 is 14.6 Å². The summed E-state index contributed by atoms with van der Waals surface area (Å²) >= 11 is 0. The third-order valence-electron chi connectivity index (χ3n) is 3.37. The molecule has 1 unspecified atom stereocenters. The van der Waals surface area contributed by atoms with Gasteiger partial charge in [0, 0.05) is 19.7 Å². The van der Waals surface area contributed by atoms with Gasteiger partial charge in [0.25, 0.3) is 0 Å². The molecule has 19 heavy (non-hydrogen) atoms. The highest BCUT2D eigenvalue weighted by atomic mass is 16.5. The molecular formula is C15H21NO3. The lowest BCUT2D eigenvalue weighted by atomic mass is 10.1. The van der Waals surface area contributed by atoms with E-state index in [1.807, 2.05) is 30.3 Å². The van der Waals surface area contributed by atoms with Gasteiger partial charge in [-0.05, 0) is 18.4 Å². The second-order valence-electron chi connectivity index (χ2n) is 4.86. The third-order valence-corrected chi connectivity index (χ3v) is 3.37. The maximum atomic E-state index is 12.2. The van der Waals surface area contributed by atoms with Gasteiger partial charge < -0.3 is 14.7 Å². The molecule has 1 fully saturated rings. The van der Waals surface area contributed by atoms with Crippen molar-refractivity contribution in [3.8, 4) is 0 Å². The SMILES string of the molecule is O=C(CC1CCCO1)N(CCO)Cc1ccccc1. The summed E-state index contributed by atoms with van der Waals surface area (Å²) in [6, 6.07) is 9.84. The summed E-state index contributed by atoms with van der Waals surface area (Å²) in [6.45, 7) is 1.67. The van der Waals surface area contributed by atoms with Crippen LogP contribution in [0.25, 0.3) is 0 Å². The van der Waals surface area contributed by atoms with Crippen molar-refractivity contribution in [1.82, 2.24) is 4.90 Å². The van der Waals surface area contributed by atoms with Crippen LogP contribution >= 0.6 is 0 Å². The number of hydrogen-bond acceptors (Lipinski definition) is 3. The average Bonchev–Trinajstić information content (AvgIpc) is 2.92. The first kappa shape index (κ1) is 14.0. The molecule has 1 saturated heterocycles. The Morgan fingerprint density at radius 1 is 1.37 bits per heavy atom. The van der Waals surface area contributed by atoms with Crippen molar-refractivity contribution in [2.75, 3.05) is 19.8 Å². The van der Waals surface area contributed by atoms with Crippen LogP contribution in [0.4, 0.5) is 0 Å². The zero-order valence-corrected chi connectivity index (χ0v) is 11.1. The van der Waals surface area contributed by atoms with E-state index >= 15 is 0 Å². The maximum Gasteiger partial charge on any atom is 0.225 e. The highest BCUT2D eigenvalue weighted by molar-refractivity contribution is 5.76. The van der Waals surface area contributed by atoms with Gasteiger partial charge in [-0.3, -0.25) is 4.79 Å². The molecular weight excluding hydrogens is 242 g/mol. The van der Waals surface area contributed by atoms with Gasteiger partial charge in [-0.1, -0.05) is 30.3 Å². The summed E-state index contributed by atoms with van der Waals surface area (Å²) in [7, 11) is 0. The number of aliphatic hydroxyl groups excluding tert-OH is 1. The van der Waals surface area contributed by atoms with Gasteiger partial charge >= 0.3 is 0 Å². The van der Waals surface area contributed by atoms with Gasteiger partial charge in [-0.15, -0.1) is 0 Å². The lowest BCUT2D eigenvalue weighted by Gasteiger charge is -2.23. The Labute approximate surface area is 114 Å². The number of carbonyl (C=O) groups is 1. The van der Waals surface area contributed by atoms with Crippen LogP contribution in [0.5, 0.6) is 0 Å². The summed E-state index contributed by atoms with van der Waals surface area (Å²) < 4.78 is 5.49. The Balaban J connectivity index is 1.92. The Kier molecular flexibility index (Phi) is 5.36. The fourth-order valence-corrected chi connectivity index (χ4v) is 2.35. The molecule has 1 aromatic rings. The molecule has 0 bridgehead atoms. The Morgan fingerprint density at radius 2 is 2.16 bits per heavy atom. The number of benzene rings is 1. The minimum atomic E-state index is -0.00982. The minimum Gasteiger partial charge on any atom is -0.395 e. The van der Waals surface area contributed by atoms with E-state index in [2.05, 4.69) is 0 Å². The van der Waals surface area contributed by atoms with Crippen LogP contribution in [-0.2, 0) is 16.1 Å². The zero-order chi connectivity index (χ0) is 13.5. The highest BCUT2D eigenvalue weighted by Crippen LogP contribution is 2.17. The van der Waals surface area contributed by atoms with E-state index in [1.54, 1.807) is 4.90 Å². The number of amides is 1. The van der Waals surface area contributed by atoms with Crippen LogP contribution in [-0.4, -0.2) is 41.8 Å². The second-order valence-corrected chi connectivity index (χ2v) is 4.86. The minimum absolute atomic E-state index is 0.00982. The van der Waals surface area contributed by atoms with Gasteiger partial charge in [-0.25, -0.2) is 0 Å². The summed E-state index contributed by atoms with van der Waals surface area (Å²) in [6.07, 6.45) is 2.48. The fraction of sp³-hybridized carbons (Fsp3) is 0.533. The van der Waals surface area contributed by atoms with Crippen LogP contribution < -0.4 is 0 Å². The monoisotopic (exact) mass is 263 g/mol. The topological polar surface area (TPSA) is 49.8 Å². The first-order valence-corrected chi connectivity index (χ1v) is 6.84. The molecule has 1 atom stereocenters. The molecule has 0 spiro atoms. The van der Waals surface area contributed by atoms with E-state index in [9.17, 15) is 4.79 Å². The molecule has 0 saturated carbocycles. The number of nitrogens with zero attached hydrogens (tertiary/aromatic N) is 1. The molecule has 104 valence electrons. The van der Waals surface area contributed by atoms with Gasteiger partial charge in [0.2, 0.25) is 5.91 Å². The molecule has 1 aliphatic heterocycles. The summed E-state index contributed by atoms with van der Waals surface area (Å²) in [4.78, 5) is 13.9. The number of hydrogen-bond donors (Lipinski definition) is 1. The van der Waals surface area contributed by atoms with Crippen molar-refractivity contribution >= 4 is 5.91 Å². The van der Waals surface area contributed by atoms with Crippen molar-refractivity contribution in [2.45, 2.75) is 31.9 Å². The molecule has 1 aliphatic rings. The summed E-state index contributed by atoms with van der Waals surface area (Å²) in [5, 5.41) is 9.10. The average molecular weight is 263 g/mol. The van der Waals surface area contributed by atoms with Gasteiger partial charge in [-0.2, -0.15) is 0 Å². The Bertz CT molecular complexity index is 388. The lowest BCUT2D eigenvalue weighted by Crippen LogP contribution is -2.35. The van der Waals surface area contributed by atoms with Gasteiger partial charge in [0.15, 0.2) is 0 Å². The molecule has 1 heterocycles. The molecule has 0 aromatic heterocycles. The van der Waals surface area contributed by atoms with Gasteiger partial charge in [0.1, 0.15) is 0 Å². The molecule has 1 aromatic carbocycles. The zero-order valence-electron chi connectivity index (χ0n) is 11.1. The largest absolute Gasteiger partial charge is 0.395 e. The normalized spacial score (nSPS) is 18.5. The summed E-state index contributed by atoms with van der Waals surface area (Å²) in [5.74, 6) is 0.0600. The molecule has 4 heteroatoms. The van der Waals surface area contributed by atoms with Crippen molar-refractivity contribution in [1.29, 1.82) is 0 Å². The number of ether oxygens (including phenoxy) is 1. The van der Waals surface area contributed by atoms with E-state index in [0.717, 1.165) is 25.0 Å². The molecule has 2 rings (SSSR count). The number of aliphatic hydroxyl groups is 1. The fourth-order valence-electron chi connectivity index (χ4n) is 2.35. The van der Waals surface area contributed by atoms with Crippen LogP contribution in [0.1, 0.15) is 24.8 Å². The lowest BCUT2D eigenvalue weighted by molar-refractivity contribution is -0.134. The van der Waals surface area contributed by atoms with Crippen LogP contribution in [0, 0.1) is 0 Å². The van der Waals surface area contributed by atoms with Crippen LogP contribution in [0.15, 0.2) is 30.3 Å². The predicted molar refractivity (Wildman–Crippen MR) is 72.5 cm³/mol. The van der Waals surface area contributed by atoms with Crippen LogP contribution in [0.2, 0.25) is 0 Å². The molecule has 0 aliphatic carbocycles. The highest BCUT2D eigenvalue weighted by Gasteiger charge is 2.22. The smallest absolute Gasteiger partial charge is 0.225 e. The molecule has 0 radical (unpaired) electrons. The van der Waals surface area contributed by atoms with Gasteiger partial charge in [0.05, 0.1) is 19.1 Å². The second kappa shape index (κ2) is 7.26. The maximum absolute atomic E-state index is 12.2. The Morgan fingerprint density at radius 3 is 2.79 bits per heavy atom. The summed E-state index contributed by atoms with van der Waals surface area (Å²) in [5.41, 5.74) is 1.08. The molecule has 1 amide bonds. The first-order chi connectivity index (χ1) is 9.29.